The maximum absolute atomic E-state index is 11.4. The quantitative estimate of drug-likeness (QED) is 0.807. The van der Waals surface area contributed by atoms with Crippen molar-refractivity contribution in [3.05, 3.63) is 35.4 Å². The van der Waals surface area contributed by atoms with Gasteiger partial charge in [-0.25, -0.2) is 0 Å². The third kappa shape index (κ3) is 2.91. The summed E-state index contributed by atoms with van der Waals surface area (Å²) in [7, 11) is 0. The molecule has 0 saturated heterocycles. The van der Waals surface area contributed by atoms with Crippen LogP contribution >= 0.6 is 0 Å². The lowest BCUT2D eigenvalue weighted by Crippen LogP contribution is -2.19. The van der Waals surface area contributed by atoms with Gasteiger partial charge in [-0.15, -0.1) is 0 Å². The third-order valence-electron chi connectivity index (χ3n) is 3.89. The van der Waals surface area contributed by atoms with Crippen LogP contribution in [0.2, 0.25) is 0 Å². The molecule has 1 amide bonds. The van der Waals surface area contributed by atoms with Crippen molar-refractivity contribution in [3.8, 4) is 0 Å². The minimum absolute atomic E-state index is 0.257. The molecule has 1 aromatic carbocycles. The maximum atomic E-state index is 11.4. The summed E-state index contributed by atoms with van der Waals surface area (Å²) >= 11 is 0. The van der Waals surface area contributed by atoms with Gasteiger partial charge < -0.3 is 10.8 Å². The van der Waals surface area contributed by atoms with Gasteiger partial charge in [0.25, 0.3) is 0 Å². The molecule has 1 saturated carbocycles. The van der Waals surface area contributed by atoms with Crippen LogP contribution < -0.4 is 5.73 Å². The van der Waals surface area contributed by atoms with Crippen LogP contribution in [-0.4, -0.2) is 11.0 Å². The molecule has 1 unspecified atom stereocenters. The number of carbonyl (C=O) groups excluding carboxylic acids is 1. The molecule has 0 bridgehead atoms. The van der Waals surface area contributed by atoms with Crippen molar-refractivity contribution in [2.24, 2.45) is 11.7 Å². The van der Waals surface area contributed by atoms with Crippen molar-refractivity contribution in [2.45, 2.75) is 44.6 Å². The molecule has 0 radical (unpaired) electrons. The van der Waals surface area contributed by atoms with Gasteiger partial charge in [-0.1, -0.05) is 43.9 Å². The normalized spacial score (nSPS) is 19.2. The number of nitrogens with two attached hydrogens (primary N) is 1. The Kier molecular flexibility index (Phi) is 4.37. The van der Waals surface area contributed by atoms with Crippen molar-refractivity contribution in [1.29, 1.82) is 0 Å². The smallest absolute Gasteiger partial charge is 0.249 e. The number of amides is 1. The molecule has 3 nitrogen and oxygen atoms in total. The number of aliphatic hydroxyl groups excluding tert-OH is 1. The van der Waals surface area contributed by atoms with Gasteiger partial charge in [-0.05, 0) is 30.4 Å². The van der Waals surface area contributed by atoms with Crippen molar-refractivity contribution in [3.63, 3.8) is 0 Å². The standard InChI is InChI=1S/C15H21NO2/c16-15(18)13-10-6-5-9-12(13)14(17)11-7-3-1-2-4-8-11/h5-6,9-11,14,17H,1-4,7-8H2,(H2,16,18). The number of benzene rings is 1. The van der Waals surface area contributed by atoms with E-state index < -0.39 is 12.0 Å². The lowest BCUT2D eigenvalue weighted by Gasteiger charge is -2.23. The molecule has 0 aliphatic heterocycles. The molecule has 0 aromatic heterocycles. The molecule has 1 fully saturated rings. The predicted octanol–water partition coefficient (Wildman–Crippen LogP) is 2.79. The molecule has 0 heterocycles. The molecular formula is C15H21NO2. The molecule has 1 atom stereocenters. The first-order valence-electron chi connectivity index (χ1n) is 6.77. The lowest BCUT2D eigenvalue weighted by atomic mass is 9.87. The molecule has 3 heteroatoms. The molecule has 2 rings (SSSR count). The zero-order chi connectivity index (χ0) is 13.0. The fraction of sp³-hybridized carbons (Fsp3) is 0.533. The van der Waals surface area contributed by atoms with Gasteiger partial charge in [0.05, 0.1) is 6.10 Å². The van der Waals surface area contributed by atoms with Gasteiger partial charge in [0.15, 0.2) is 0 Å². The number of hydrogen-bond donors (Lipinski definition) is 2. The number of primary amides is 1. The van der Waals surface area contributed by atoms with E-state index in [0.717, 1.165) is 12.8 Å². The van der Waals surface area contributed by atoms with Gasteiger partial charge in [0, 0.05) is 5.56 Å². The molecule has 1 aliphatic rings. The lowest BCUT2D eigenvalue weighted by molar-refractivity contribution is 0.0917. The largest absolute Gasteiger partial charge is 0.388 e. The van der Waals surface area contributed by atoms with E-state index >= 15 is 0 Å². The Bertz CT molecular complexity index is 409. The summed E-state index contributed by atoms with van der Waals surface area (Å²) in [5, 5.41) is 10.5. The van der Waals surface area contributed by atoms with Gasteiger partial charge in [-0.3, -0.25) is 4.79 Å². The van der Waals surface area contributed by atoms with Gasteiger partial charge >= 0.3 is 0 Å². The summed E-state index contributed by atoms with van der Waals surface area (Å²) in [5.41, 5.74) is 6.51. The zero-order valence-corrected chi connectivity index (χ0v) is 10.6. The Balaban J connectivity index is 2.21. The van der Waals surface area contributed by atoms with Gasteiger partial charge in [-0.2, -0.15) is 0 Å². The van der Waals surface area contributed by atoms with Crippen LogP contribution in [0.5, 0.6) is 0 Å². The molecule has 3 N–H and O–H groups in total. The van der Waals surface area contributed by atoms with E-state index in [9.17, 15) is 9.90 Å². The van der Waals surface area contributed by atoms with Crippen molar-refractivity contribution in [1.82, 2.24) is 0 Å². The van der Waals surface area contributed by atoms with Crippen LogP contribution in [0.25, 0.3) is 0 Å². The molecule has 1 aromatic rings. The highest BCUT2D eigenvalue weighted by Gasteiger charge is 2.24. The SMILES string of the molecule is NC(=O)c1ccccc1C(O)C1CCCCCC1. The van der Waals surface area contributed by atoms with E-state index in [2.05, 4.69) is 0 Å². The maximum Gasteiger partial charge on any atom is 0.249 e. The van der Waals surface area contributed by atoms with E-state index in [-0.39, 0.29) is 5.92 Å². The zero-order valence-electron chi connectivity index (χ0n) is 10.6. The highest BCUT2D eigenvalue weighted by atomic mass is 16.3. The van der Waals surface area contributed by atoms with Crippen LogP contribution in [0, 0.1) is 5.92 Å². The fourth-order valence-corrected chi connectivity index (χ4v) is 2.86. The van der Waals surface area contributed by atoms with Crippen molar-refractivity contribution < 1.29 is 9.90 Å². The fourth-order valence-electron chi connectivity index (χ4n) is 2.86. The monoisotopic (exact) mass is 247 g/mol. The molecule has 18 heavy (non-hydrogen) atoms. The first-order chi connectivity index (χ1) is 8.70. The van der Waals surface area contributed by atoms with Crippen LogP contribution in [0.15, 0.2) is 24.3 Å². The summed E-state index contributed by atoms with van der Waals surface area (Å²) < 4.78 is 0. The topological polar surface area (TPSA) is 63.3 Å². The van der Waals surface area contributed by atoms with E-state index in [1.165, 1.54) is 25.7 Å². The molecule has 0 spiro atoms. The third-order valence-corrected chi connectivity index (χ3v) is 3.89. The summed E-state index contributed by atoms with van der Waals surface area (Å²) in [4.78, 5) is 11.4. The number of aliphatic hydroxyl groups is 1. The minimum atomic E-state index is -0.563. The average molecular weight is 247 g/mol. The molecule has 98 valence electrons. The van der Waals surface area contributed by atoms with E-state index in [1.54, 1.807) is 12.1 Å². The van der Waals surface area contributed by atoms with Gasteiger partial charge in [0.1, 0.15) is 0 Å². The Hall–Kier alpha value is -1.35. The van der Waals surface area contributed by atoms with Crippen LogP contribution in [0.3, 0.4) is 0 Å². The summed E-state index contributed by atoms with van der Waals surface area (Å²) in [6, 6.07) is 7.14. The second-order valence-electron chi connectivity index (χ2n) is 5.15. The summed E-state index contributed by atoms with van der Waals surface area (Å²) in [5.74, 6) is -0.203. The Labute approximate surface area is 108 Å². The number of carbonyl (C=O) groups is 1. The Morgan fingerprint density at radius 2 is 1.78 bits per heavy atom. The van der Waals surface area contributed by atoms with Crippen LogP contribution in [0.4, 0.5) is 0 Å². The first-order valence-corrected chi connectivity index (χ1v) is 6.77. The van der Waals surface area contributed by atoms with Crippen molar-refractivity contribution >= 4 is 5.91 Å². The molecular weight excluding hydrogens is 226 g/mol. The second-order valence-corrected chi connectivity index (χ2v) is 5.15. The molecule has 1 aliphatic carbocycles. The first kappa shape index (κ1) is 13.1. The Morgan fingerprint density at radius 3 is 2.39 bits per heavy atom. The highest BCUT2D eigenvalue weighted by molar-refractivity contribution is 5.94. The van der Waals surface area contributed by atoms with Crippen molar-refractivity contribution in [2.75, 3.05) is 0 Å². The summed E-state index contributed by atoms with van der Waals surface area (Å²) in [6.45, 7) is 0. The van der Waals surface area contributed by atoms with E-state index in [4.69, 9.17) is 5.73 Å². The minimum Gasteiger partial charge on any atom is -0.388 e. The van der Waals surface area contributed by atoms with Crippen LogP contribution in [0.1, 0.15) is 60.6 Å². The van der Waals surface area contributed by atoms with Crippen LogP contribution in [-0.2, 0) is 0 Å². The predicted molar refractivity (Wildman–Crippen MR) is 71.1 cm³/mol. The summed E-state index contributed by atoms with van der Waals surface area (Å²) in [6.07, 6.45) is 6.34. The average Bonchev–Trinajstić information content (AvgIpc) is 2.66. The van der Waals surface area contributed by atoms with Gasteiger partial charge in [0.2, 0.25) is 5.91 Å². The van der Waals surface area contributed by atoms with E-state index in [1.807, 2.05) is 12.1 Å². The Morgan fingerprint density at radius 1 is 1.17 bits per heavy atom. The van der Waals surface area contributed by atoms with E-state index in [0.29, 0.717) is 11.1 Å². The second kappa shape index (κ2) is 6.01. The highest BCUT2D eigenvalue weighted by Crippen LogP contribution is 2.34. The number of rotatable bonds is 3. The number of hydrogen-bond acceptors (Lipinski definition) is 2.